The maximum absolute atomic E-state index is 12.9. The summed E-state index contributed by atoms with van der Waals surface area (Å²) in [6.07, 6.45) is 7.27. The number of carbonyl (C=O) groups is 1. The molecule has 2 aromatic heterocycles. The Kier molecular flexibility index (Phi) is 5.19. The van der Waals surface area contributed by atoms with Crippen LogP contribution >= 0.6 is 11.6 Å². The molecule has 1 fully saturated rings. The second-order valence-corrected chi connectivity index (χ2v) is 9.12. The van der Waals surface area contributed by atoms with E-state index in [0.29, 0.717) is 29.5 Å². The highest BCUT2D eigenvalue weighted by molar-refractivity contribution is 6.30. The third-order valence-electron chi connectivity index (χ3n) is 6.16. The number of rotatable bonds is 3. The number of hydrogen-bond acceptors (Lipinski definition) is 4. The van der Waals surface area contributed by atoms with Gasteiger partial charge in [-0.05, 0) is 49.6 Å². The van der Waals surface area contributed by atoms with Crippen LogP contribution in [-0.2, 0) is 0 Å². The molecule has 1 amide bonds. The number of halogens is 1. The highest BCUT2D eigenvalue weighted by Crippen LogP contribution is 2.26. The van der Waals surface area contributed by atoms with Crippen LogP contribution < -0.4 is 5.73 Å². The topological polar surface area (TPSA) is 76.5 Å². The molecule has 0 spiro atoms. The van der Waals surface area contributed by atoms with Gasteiger partial charge in [-0.25, -0.2) is 9.97 Å². The predicted molar refractivity (Wildman–Crippen MR) is 127 cm³/mol. The van der Waals surface area contributed by atoms with E-state index in [0.717, 1.165) is 35.2 Å². The number of aromatic nitrogens is 3. The van der Waals surface area contributed by atoms with Crippen molar-refractivity contribution in [3.05, 3.63) is 77.7 Å². The minimum atomic E-state index is -0.176. The Morgan fingerprint density at radius 3 is 2.25 bits per heavy atom. The van der Waals surface area contributed by atoms with Crippen LogP contribution in [0.5, 0.6) is 0 Å². The van der Waals surface area contributed by atoms with Gasteiger partial charge in [-0.15, -0.1) is 0 Å². The molecule has 4 aromatic rings. The summed E-state index contributed by atoms with van der Waals surface area (Å²) in [4.78, 5) is 23.7. The van der Waals surface area contributed by atoms with Crippen molar-refractivity contribution >= 4 is 23.3 Å². The monoisotopic (exact) mass is 445 g/mol. The Bertz CT molecular complexity index is 1270. The normalized spacial score (nSPS) is 15.8. The molecule has 3 heterocycles. The number of amides is 1. The summed E-state index contributed by atoms with van der Waals surface area (Å²) in [5, 5.41) is 0.692. The van der Waals surface area contributed by atoms with Crippen LogP contribution in [0.25, 0.3) is 28.2 Å². The molecule has 2 N–H and O–H groups in total. The maximum Gasteiger partial charge on any atom is 0.253 e. The number of fused-ring (bicyclic) bond motifs is 1. The van der Waals surface area contributed by atoms with Crippen molar-refractivity contribution in [2.24, 2.45) is 5.73 Å². The lowest BCUT2D eigenvalue weighted by molar-refractivity contribution is 0.0681. The molecule has 1 saturated heterocycles. The molecule has 6 nitrogen and oxygen atoms in total. The summed E-state index contributed by atoms with van der Waals surface area (Å²) in [5.41, 5.74) is 10.6. The summed E-state index contributed by atoms with van der Waals surface area (Å²) < 4.78 is 1.97. The van der Waals surface area contributed by atoms with E-state index in [1.807, 2.05) is 77.1 Å². The second-order valence-electron chi connectivity index (χ2n) is 8.69. The average Bonchev–Trinajstić information content (AvgIpc) is 3.22. The summed E-state index contributed by atoms with van der Waals surface area (Å²) in [7, 11) is 0. The first-order valence-electron chi connectivity index (χ1n) is 10.7. The first kappa shape index (κ1) is 20.7. The molecule has 0 atom stereocenters. The molecule has 0 bridgehead atoms. The van der Waals surface area contributed by atoms with Gasteiger partial charge in [0, 0.05) is 52.7 Å². The van der Waals surface area contributed by atoms with E-state index in [9.17, 15) is 4.79 Å². The summed E-state index contributed by atoms with van der Waals surface area (Å²) in [5.74, 6) is 0.683. The second kappa shape index (κ2) is 8.04. The molecule has 5 rings (SSSR count). The van der Waals surface area contributed by atoms with Crippen molar-refractivity contribution in [2.75, 3.05) is 13.1 Å². The molecule has 1 aliphatic rings. The standard InChI is InChI=1S/C25H24ClN5O/c1-25(27)10-12-30(13-11-25)23(32)19-4-2-17(3-5-19)20-14-28-24-29-15-22(31(24)16-20)18-6-8-21(26)9-7-18/h2-9,14-16H,10-13,27H2,1H3. The molecule has 0 unspecified atom stereocenters. The highest BCUT2D eigenvalue weighted by Gasteiger charge is 2.28. The zero-order valence-electron chi connectivity index (χ0n) is 17.8. The van der Waals surface area contributed by atoms with Crippen molar-refractivity contribution in [2.45, 2.75) is 25.3 Å². The first-order valence-corrected chi connectivity index (χ1v) is 11.1. The van der Waals surface area contributed by atoms with E-state index >= 15 is 0 Å². The van der Waals surface area contributed by atoms with E-state index < -0.39 is 0 Å². The van der Waals surface area contributed by atoms with Crippen molar-refractivity contribution in [3.8, 4) is 22.4 Å². The fraction of sp³-hybridized carbons (Fsp3) is 0.240. The van der Waals surface area contributed by atoms with Crippen LogP contribution in [0.15, 0.2) is 67.1 Å². The molecular formula is C25H24ClN5O. The van der Waals surface area contributed by atoms with Crippen LogP contribution in [0.2, 0.25) is 5.02 Å². The Labute approximate surface area is 191 Å². The van der Waals surface area contributed by atoms with Crippen LogP contribution in [-0.4, -0.2) is 43.8 Å². The van der Waals surface area contributed by atoms with E-state index in [1.165, 1.54) is 0 Å². The lowest BCUT2D eigenvalue weighted by atomic mass is 9.90. The number of nitrogens with two attached hydrogens (primary N) is 1. The van der Waals surface area contributed by atoms with Crippen LogP contribution in [0.4, 0.5) is 0 Å². The van der Waals surface area contributed by atoms with E-state index in [-0.39, 0.29) is 11.4 Å². The third-order valence-corrected chi connectivity index (χ3v) is 6.41. The van der Waals surface area contributed by atoms with Crippen LogP contribution in [0.1, 0.15) is 30.1 Å². The van der Waals surface area contributed by atoms with Crippen molar-refractivity contribution in [1.29, 1.82) is 0 Å². The van der Waals surface area contributed by atoms with Crippen LogP contribution in [0, 0.1) is 0 Å². The minimum Gasteiger partial charge on any atom is -0.339 e. The molecule has 162 valence electrons. The van der Waals surface area contributed by atoms with Gasteiger partial charge < -0.3 is 10.6 Å². The van der Waals surface area contributed by atoms with Crippen molar-refractivity contribution in [3.63, 3.8) is 0 Å². The Balaban J connectivity index is 1.40. The fourth-order valence-electron chi connectivity index (χ4n) is 4.07. The summed E-state index contributed by atoms with van der Waals surface area (Å²) in [6.45, 7) is 3.44. The minimum absolute atomic E-state index is 0.0558. The summed E-state index contributed by atoms with van der Waals surface area (Å²) in [6, 6.07) is 15.3. The molecule has 1 aliphatic heterocycles. The largest absolute Gasteiger partial charge is 0.339 e. The Morgan fingerprint density at radius 1 is 0.938 bits per heavy atom. The molecule has 0 saturated carbocycles. The first-order chi connectivity index (χ1) is 15.4. The quantitative estimate of drug-likeness (QED) is 0.497. The Morgan fingerprint density at radius 2 is 1.56 bits per heavy atom. The van der Waals surface area contributed by atoms with Gasteiger partial charge >= 0.3 is 0 Å². The van der Waals surface area contributed by atoms with Crippen molar-refractivity contribution in [1.82, 2.24) is 19.3 Å². The molecule has 0 radical (unpaired) electrons. The van der Waals surface area contributed by atoms with Gasteiger partial charge in [-0.2, -0.15) is 0 Å². The van der Waals surface area contributed by atoms with Gasteiger partial charge in [0.25, 0.3) is 5.91 Å². The van der Waals surface area contributed by atoms with E-state index in [4.69, 9.17) is 17.3 Å². The number of imidazole rings is 1. The van der Waals surface area contributed by atoms with E-state index in [2.05, 4.69) is 9.97 Å². The maximum atomic E-state index is 12.9. The average molecular weight is 446 g/mol. The lowest BCUT2D eigenvalue weighted by Crippen LogP contribution is -2.49. The highest BCUT2D eigenvalue weighted by atomic mass is 35.5. The van der Waals surface area contributed by atoms with Gasteiger partial charge in [-0.3, -0.25) is 9.20 Å². The SMILES string of the molecule is CC1(N)CCN(C(=O)c2ccc(-c3cnc4ncc(-c5ccc(Cl)cc5)n4c3)cc2)CC1. The number of likely N-dealkylation sites (tertiary alicyclic amines) is 1. The Hall–Kier alpha value is -3.22. The van der Waals surface area contributed by atoms with E-state index in [1.54, 1.807) is 6.20 Å². The molecule has 0 aliphatic carbocycles. The number of benzene rings is 2. The van der Waals surface area contributed by atoms with Gasteiger partial charge in [0.1, 0.15) is 0 Å². The number of carbonyl (C=O) groups excluding carboxylic acids is 1. The van der Waals surface area contributed by atoms with Gasteiger partial charge in [0.15, 0.2) is 0 Å². The van der Waals surface area contributed by atoms with Crippen LogP contribution in [0.3, 0.4) is 0 Å². The smallest absolute Gasteiger partial charge is 0.253 e. The number of nitrogens with zero attached hydrogens (tertiary/aromatic N) is 4. The predicted octanol–water partition coefficient (Wildman–Crippen LogP) is 4.67. The van der Waals surface area contributed by atoms with Gasteiger partial charge in [0.05, 0.1) is 11.9 Å². The molecule has 7 heteroatoms. The lowest BCUT2D eigenvalue weighted by Gasteiger charge is -2.36. The van der Waals surface area contributed by atoms with Gasteiger partial charge in [0.2, 0.25) is 5.78 Å². The zero-order valence-corrected chi connectivity index (χ0v) is 18.6. The molecule has 32 heavy (non-hydrogen) atoms. The third kappa shape index (κ3) is 3.99. The summed E-state index contributed by atoms with van der Waals surface area (Å²) >= 11 is 6.03. The van der Waals surface area contributed by atoms with Gasteiger partial charge in [-0.1, -0.05) is 35.9 Å². The number of piperidine rings is 1. The zero-order chi connectivity index (χ0) is 22.3. The fourth-order valence-corrected chi connectivity index (χ4v) is 4.19. The molecule has 2 aromatic carbocycles. The van der Waals surface area contributed by atoms with Crippen molar-refractivity contribution < 1.29 is 4.79 Å². The molecular weight excluding hydrogens is 422 g/mol. The number of hydrogen-bond donors (Lipinski definition) is 1.